The van der Waals surface area contributed by atoms with Crippen molar-refractivity contribution in [3.8, 4) is 0 Å². The highest BCUT2D eigenvalue weighted by Gasteiger charge is 2.22. The monoisotopic (exact) mass is 287 g/mol. The Labute approximate surface area is 121 Å². The third kappa shape index (κ3) is 2.99. The van der Waals surface area contributed by atoms with Gasteiger partial charge in [0.05, 0.1) is 0 Å². The Morgan fingerprint density at radius 1 is 1.14 bits per heavy atom. The smallest absolute Gasteiger partial charge is 0.410 e. The topological polar surface area (TPSA) is 78.2 Å². The van der Waals surface area contributed by atoms with Crippen molar-refractivity contribution in [1.82, 2.24) is 15.1 Å². The highest BCUT2D eigenvalue weighted by molar-refractivity contribution is 5.67. The number of benzene rings is 1. The summed E-state index contributed by atoms with van der Waals surface area (Å²) in [5.41, 5.74) is 2.50. The van der Waals surface area contributed by atoms with Crippen LogP contribution in [0.1, 0.15) is 16.8 Å². The Bertz CT molecular complexity index is 675. The van der Waals surface area contributed by atoms with E-state index in [4.69, 9.17) is 4.74 Å². The second-order valence-electron chi connectivity index (χ2n) is 5.06. The largest absolute Gasteiger partial charge is 0.445 e. The van der Waals surface area contributed by atoms with Gasteiger partial charge in [-0.2, -0.15) is 0 Å². The number of ether oxygens (including phenoxy) is 1. The first-order chi connectivity index (χ1) is 10.2. The molecule has 0 bridgehead atoms. The number of hydrogen-bond acceptors (Lipinski definition) is 3. The molecule has 2 N–H and O–H groups in total. The summed E-state index contributed by atoms with van der Waals surface area (Å²) in [5.74, 6) is 0. The Morgan fingerprint density at radius 3 is 2.71 bits per heavy atom. The number of nitrogens with zero attached hydrogens (tertiary/aromatic N) is 1. The molecule has 1 aliphatic heterocycles. The minimum atomic E-state index is -0.333. The third-order valence-electron chi connectivity index (χ3n) is 3.69. The summed E-state index contributed by atoms with van der Waals surface area (Å²) >= 11 is 0. The fourth-order valence-electron chi connectivity index (χ4n) is 2.50. The maximum atomic E-state index is 12.1. The zero-order valence-corrected chi connectivity index (χ0v) is 11.6. The summed E-state index contributed by atoms with van der Waals surface area (Å²) < 4.78 is 5.32. The van der Waals surface area contributed by atoms with Crippen LogP contribution in [0.15, 0.2) is 35.1 Å². The molecule has 0 radical (unpaired) electrons. The van der Waals surface area contributed by atoms with Gasteiger partial charge in [-0.15, -0.1) is 0 Å². The summed E-state index contributed by atoms with van der Waals surface area (Å²) in [6.45, 7) is 1.32. The SMILES string of the molecule is O=C(OCc1ccccc1)N1CCc2[nH][nH]c(=O)c2CC1. The second-order valence-corrected chi connectivity index (χ2v) is 5.06. The van der Waals surface area contributed by atoms with Crippen LogP contribution in [0.5, 0.6) is 0 Å². The molecule has 1 aromatic carbocycles. The van der Waals surface area contributed by atoms with Crippen LogP contribution in [0.3, 0.4) is 0 Å². The average Bonchev–Trinajstić information content (AvgIpc) is 2.74. The summed E-state index contributed by atoms with van der Waals surface area (Å²) in [6, 6.07) is 9.58. The Morgan fingerprint density at radius 2 is 1.90 bits per heavy atom. The zero-order valence-electron chi connectivity index (χ0n) is 11.6. The van der Waals surface area contributed by atoms with Gasteiger partial charge in [0.15, 0.2) is 0 Å². The van der Waals surface area contributed by atoms with Crippen LogP contribution in [0.4, 0.5) is 4.79 Å². The molecule has 0 aliphatic carbocycles. The number of nitrogens with one attached hydrogen (secondary N) is 2. The van der Waals surface area contributed by atoms with Crippen molar-refractivity contribution >= 4 is 6.09 Å². The van der Waals surface area contributed by atoms with Gasteiger partial charge < -0.3 is 14.7 Å². The van der Waals surface area contributed by atoms with Gasteiger partial charge in [0.25, 0.3) is 5.56 Å². The fourth-order valence-corrected chi connectivity index (χ4v) is 2.50. The molecular formula is C15H17N3O3. The Hall–Kier alpha value is -2.50. The molecule has 1 aliphatic rings. The van der Waals surface area contributed by atoms with Gasteiger partial charge in [-0.1, -0.05) is 30.3 Å². The standard InChI is InChI=1S/C15H17N3O3/c19-14-12-6-8-18(9-7-13(12)16-17-14)15(20)21-10-11-4-2-1-3-5-11/h1-5H,6-10H2,(H2,16,17,19). The number of fused-ring (bicyclic) bond motifs is 1. The minimum Gasteiger partial charge on any atom is -0.445 e. The summed E-state index contributed by atoms with van der Waals surface area (Å²) in [7, 11) is 0. The second kappa shape index (κ2) is 5.87. The molecule has 0 saturated carbocycles. The normalized spacial score (nSPS) is 14.4. The van der Waals surface area contributed by atoms with E-state index >= 15 is 0 Å². The van der Waals surface area contributed by atoms with Crippen molar-refractivity contribution in [2.24, 2.45) is 0 Å². The van der Waals surface area contributed by atoms with Gasteiger partial charge in [0.2, 0.25) is 0 Å². The van der Waals surface area contributed by atoms with Crippen molar-refractivity contribution < 1.29 is 9.53 Å². The first-order valence-electron chi connectivity index (χ1n) is 6.98. The number of aromatic amines is 2. The minimum absolute atomic E-state index is 0.0931. The van der Waals surface area contributed by atoms with Gasteiger partial charge in [-0.25, -0.2) is 4.79 Å². The van der Waals surface area contributed by atoms with E-state index in [0.717, 1.165) is 16.8 Å². The van der Waals surface area contributed by atoms with Gasteiger partial charge in [0.1, 0.15) is 6.61 Å². The van der Waals surface area contributed by atoms with E-state index in [9.17, 15) is 9.59 Å². The van der Waals surface area contributed by atoms with Crippen LogP contribution in [-0.2, 0) is 24.2 Å². The average molecular weight is 287 g/mol. The Balaban J connectivity index is 1.58. The molecule has 0 unspecified atom stereocenters. The summed E-state index contributed by atoms with van der Waals surface area (Å²) in [5, 5.41) is 5.45. The molecule has 110 valence electrons. The number of rotatable bonds is 2. The van der Waals surface area contributed by atoms with Gasteiger partial charge >= 0.3 is 6.09 Å². The van der Waals surface area contributed by atoms with E-state index in [0.29, 0.717) is 25.9 Å². The van der Waals surface area contributed by atoms with Crippen LogP contribution in [-0.4, -0.2) is 34.3 Å². The number of amides is 1. The maximum absolute atomic E-state index is 12.1. The molecule has 3 rings (SSSR count). The maximum Gasteiger partial charge on any atom is 0.410 e. The lowest BCUT2D eigenvalue weighted by Crippen LogP contribution is -2.34. The first kappa shape index (κ1) is 13.5. The molecule has 0 saturated heterocycles. The fraction of sp³-hybridized carbons (Fsp3) is 0.333. The van der Waals surface area contributed by atoms with Crippen molar-refractivity contribution in [3.05, 3.63) is 57.5 Å². The van der Waals surface area contributed by atoms with Crippen LogP contribution < -0.4 is 5.56 Å². The predicted molar refractivity (Wildman–Crippen MR) is 77.0 cm³/mol. The van der Waals surface area contributed by atoms with Crippen LogP contribution in [0, 0.1) is 0 Å². The molecule has 6 heteroatoms. The lowest BCUT2D eigenvalue weighted by atomic mass is 10.2. The number of aromatic nitrogens is 2. The highest BCUT2D eigenvalue weighted by atomic mass is 16.6. The van der Waals surface area contributed by atoms with E-state index in [-0.39, 0.29) is 18.3 Å². The number of hydrogen-bond donors (Lipinski definition) is 2. The molecule has 0 fully saturated rings. The van der Waals surface area contributed by atoms with E-state index in [1.54, 1.807) is 4.90 Å². The lowest BCUT2D eigenvalue weighted by Gasteiger charge is -2.19. The third-order valence-corrected chi connectivity index (χ3v) is 3.69. The van der Waals surface area contributed by atoms with Crippen LogP contribution in [0.25, 0.3) is 0 Å². The summed E-state index contributed by atoms with van der Waals surface area (Å²) in [4.78, 5) is 25.3. The first-order valence-corrected chi connectivity index (χ1v) is 6.98. The van der Waals surface area contributed by atoms with E-state index in [1.165, 1.54) is 0 Å². The molecule has 1 aromatic heterocycles. The molecular weight excluding hydrogens is 270 g/mol. The lowest BCUT2D eigenvalue weighted by molar-refractivity contribution is 0.0976. The Kier molecular flexibility index (Phi) is 3.77. The van der Waals surface area contributed by atoms with Gasteiger partial charge in [-0.05, 0) is 12.0 Å². The molecule has 2 aromatic rings. The number of carbonyl (C=O) groups is 1. The van der Waals surface area contributed by atoms with Gasteiger partial charge in [-0.3, -0.25) is 9.89 Å². The molecule has 6 nitrogen and oxygen atoms in total. The molecule has 1 amide bonds. The van der Waals surface area contributed by atoms with Crippen LogP contribution >= 0.6 is 0 Å². The van der Waals surface area contributed by atoms with Crippen molar-refractivity contribution in [3.63, 3.8) is 0 Å². The molecule has 0 atom stereocenters. The summed E-state index contributed by atoms with van der Waals surface area (Å²) in [6.07, 6.45) is 0.851. The number of H-pyrrole nitrogens is 2. The predicted octanol–water partition coefficient (Wildman–Crippen LogP) is 1.44. The van der Waals surface area contributed by atoms with Gasteiger partial charge in [0, 0.05) is 30.8 Å². The van der Waals surface area contributed by atoms with Crippen molar-refractivity contribution in [2.45, 2.75) is 19.4 Å². The number of carbonyl (C=O) groups excluding carboxylic acids is 1. The van der Waals surface area contributed by atoms with Crippen molar-refractivity contribution in [2.75, 3.05) is 13.1 Å². The van der Waals surface area contributed by atoms with Crippen LogP contribution in [0.2, 0.25) is 0 Å². The van der Waals surface area contributed by atoms with Crippen molar-refractivity contribution in [1.29, 1.82) is 0 Å². The molecule has 2 heterocycles. The molecule has 0 spiro atoms. The quantitative estimate of drug-likeness (QED) is 0.877. The van der Waals surface area contributed by atoms with E-state index in [1.807, 2.05) is 30.3 Å². The molecule has 21 heavy (non-hydrogen) atoms. The zero-order chi connectivity index (χ0) is 14.7. The highest BCUT2D eigenvalue weighted by Crippen LogP contribution is 2.11. The van der Waals surface area contributed by atoms with E-state index in [2.05, 4.69) is 10.2 Å². The van der Waals surface area contributed by atoms with E-state index < -0.39 is 0 Å².